The van der Waals surface area contributed by atoms with Crippen LogP contribution in [0.15, 0.2) is 17.1 Å². The number of carboxylic acids is 1. The largest absolute Gasteiger partial charge is 0.476 e. The molecule has 0 aliphatic rings. The van der Waals surface area contributed by atoms with Gasteiger partial charge in [0, 0.05) is 17.8 Å². The third-order valence-electron chi connectivity index (χ3n) is 2.62. The van der Waals surface area contributed by atoms with Crippen LogP contribution in [0.1, 0.15) is 16.1 Å². The Hall–Kier alpha value is -2.71. The lowest BCUT2D eigenvalue weighted by Gasteiger charge is -2.10. The van der Waals surface area contributed by atoms with E-state index in [-0.39, 0.29) is 16.3 Å². The molecule has 0 amide bonds. The molecular weight excluding hydrogens is 296 g/mol. The highest BCUT2D eigenvalue weighted by atomic mass is 19.2. The summed E-state index contributed by atoms with van der Waals surface area (Å²) in [6, 6.07) is 0.00165. The van der Waals surface area contributed by atoms with Crippen molar-refractivity contribution >= 4 is 5.97 Å². The molecule has 2 aromatic rings. The minimum absolute atomic E-state index is 0.00165. The van der Waals surface area contributed by atoms with Crippen molar-refractivity contribution in [1.29, 1.82) is 0 Å². The highest BCUT2D eigenvalue weighted by Gasteiger charge is 2.23. The molecular formula is C12H6F4N2O3. The number of aromatic nitrogens is 2. The van der Waals surface area contributed by atoms with Gasteiger partial charge in [0.2, 0.25) is 11.1 Å². The summed E-state index contributed by atoms with van der Waals surface area (Å²) in [5.41, 5.74) is -3.47. The second-order valence-electron chi connectivity index (χ2n) is 4.06. The summed E-state index contributed by atoms with van der Waals surface area (Å²) in [5, 5.41) is 12.0. The number of benzene rings is 1. The Balaban J connectivity index is 2.86. The molecule has 0 saturated heterocycles. The Morgan fingerprint density at radius 1 is 1.19 bits per heavy atom. The van der Waals surface area contributed by atoms with E-state index in [1.54, 1.807) is 0 Å². The van der Waals surface area contributed by atoms with E-state index in [0.717, 1.165) is 6.20 Å². The van der Waals surface area contributed by atoms with Gasteiger partial charge in [-0.1, -0.05) is 0 Å². The molecule has 2 rings (SSSR count). The molecule has 21 heavy (non-hydrogen) atoms. The molecule has 0 spiro atoms. The predicted octanol–water partition coefficient (Wildman–Crippen LogP) is 1.80. The summed E-state index contributed by atoms with van der Waals surface area (Å²) < 4.78 is 53.8. The van der Waals surface area contributed by atoms with Crippen LogP contribution >= 0.6 is 0 Å². The number of aromatic carboxylic acids is 1. The van der Waals surface area contributed by atoms with E-state index in [1.807, 2.05) is 0 Å². The summed E-state index contributed by atoms with van der Waals surface area (Å²) in [4.78, 5) is 22.4. The number of carboxylic acid groups (broad SMARTS) is 1. The van der Waals surface area contributed by atoms with Crippen molar-refractivity contribution < 1.29 is 27.5 Å². The third-order valence-corrected chi connectivity index (χ3v) is 2.62. The maximum Gasteiger partial charge on any atom is 0.360 e. The maximum absolute atomic E-state index is 13.6. The molecule has 110 valence electrons. The monoisotopic (exact) mass is 302 g/mol. The summed E-state index contributed by atoms with van der Waals surface area (Å²) in [6.45, 7) is 1.17. The third kappa shape index (κ3) is 2.37. The van der Waals surface area contributed by atoms with Crippen molar-refractivity contribution in [2.75, 3.05) is 0 Å². The van der Waals surface area contributed by atoms with Crippen LogP contribution in [0.3, 0.4) is 0 Å². The second-order valence-corrected chi connectivity index (χ2v) is 4.06. The quantitative estimate of drug-likeness (QED) is 0.678. The highest BCUT2D eigenvalue weighted by Crippen LogP contribution is 2.22. The Bertz CT molecular complexity index is 791. The number of rotatable bonds is 2. The summed E-state index contributed by atoms with van der Waals surface area (Å²) in [7, 11) is 0. The van der Waals surface area contributed by atoms with Gasteiger partial charge in [0.25, 0.3) is 0 Å². The molecule has 0 radical (unpaired) electrons. The van der Waals surface area contributed by atoms with Gasteiger partial charge in [-0.25, -0.2) is 27.0 Å². The zero-order valence-corrected chi connectivity index (χ0v) is 10.3. The fourth-order valence-corrected chi connectivity index (χ4v) is 1.63. The van der Waals surface area contributed by atoms with Gasteiger partial charge in [0.15, 0.2) is 23.3 Å². The molecule has 0 bridgehead atoms. The van der Waals surface area contributed by atoms with Crippen LogP contribution in [0.4, 0.5) is 17.6 Å². The molecule has 0 atom stereocenters. The Labute approximate surface area is 114 Å². The van der Waals surface area contributed by atoms with Gasteiger partial charge in [-0.15, -0.1) is 0 Å². The normalized spacial score (nSPS) is 10.7. The number of hydrogen-bond acceptors (Lipinski definition) is 3. The van der Waals surface area contributed by atoms with E-state index in [4.69, 9.17) is 5.11 Å². The van der Waals surface area contributed by atoms with E-state index in [0.29, 0.717) is 0 Å². The van der Waals surface area contributed by atoms with E-state index in [2.05, 4.69) is 5.10 Å². The summed E-state index contributed by atoms with van der Waals surface area (Å²) >= 11 is 0. The fraction of sp³-hybridized carbons (Fsp3) is 0.0833. The van der Waals surface area contributed by atoms with Crippen molar-refractivity contribution in [3.05, 3.63) is 57.0 Å². The van der Waals surface area contributed by atoms with Crippen LogP contribution in [-0.4, -0.2) is 20.9 Å². The number of hydrogen-bond donors (Lipinski definition) is 1. The lowest BCUT2D eigenvalue weighted by atomic mass is 10.2. The molecule has 0 unspecified atom stereocenters. The van der Waals surface area contributed by atoms with Crippen LogP contribution in [0, 0.1) is 30.2 Å². The van der Waals surface area contributed by atoms with Gasteiger partial charge in [-0.2, -0.15) is 5.10 Å². The van der Waals surface area contributed by atoms with Crippen LogP contribution in [0.2, 0.25) is 0 Å². The van der Waals surface area contributed by atoms with Crippen molar-refractivity contribution in [2.24, 2.45) is 0 Å². The zero-order valence-electron chi connectivity index (χ0n) is 10.3. The first-order valence-electron chi connectivity index (χ1n) is 5.41. The molecule has 1 N–H and O–H groups in total. The number of aryl methyl sites for hydroxylation is 1. The molecule has 1 heterocycles. The number of nitrogens with zero attached hydrogens (tertiary/aromatic N) is 2. The lowest BCUT2D eigenvalue weighted by Crippen LogP contribution is -2.24. The number of carbonyl (C=O) groups is 1. The minimum Gasteiger partial charge on any atom is -0.476 e. The van der Waals surface area contributed by atoms with E-state index in [9.17, 15) is 27.2 Å². The average Bonchev–Trinajstić information content (AvgIpc) is 2.40. The second kappa shape index (κ2) is 5.00. The van der Waals surface area contributed by atoms with Gasteiger partial charge >= 0.3 is 5.97 Å². The molecule has 0 aliphatic carbocycles. The Morgan fingerprint density at radius 2 is 1.71 bits per heavy atom. The van der Waals surface area contributed by atoms with Crippen LogP contribution in [0.5, 0.6) is 0 Å². The lowest BCUT2D eigenvalue weighted by molar-refractivity contribution is 0.0686. The standard InChI is InChI=1S/C12H6F4N2O3/c1-4-3-18(17-9(11(4)19)12(20)21)10-7(15)5(13)2-6(14)8(10)16/h2-3H,1H3,(H,20,21). The zero-order chi connectivity index (χ0) is 15.9. The average molecular weight is 302 g/mol. The molecule has 5 nitrogen and oxygen atoms in total. The molecule has 1 aromatic heterocycles. The topological polar surface area (TPSA) is 72.2 Å². The maximum atomic E-state index is 13.6. The summed E-state index contributed by atoms with van der Waals surface area (Å²) in [5.74, 6) is -8.63. The van der Waals surface area contributed by atoms with E-state index < -0.39 is 46.0 Å². The Kier molecular flexibility index (Phi) is 3.50. The van der Waals surface area contributed by atoms with Crippen molar-refractivity contribution in [3.8, 4) is 5.69 Å². The minimum atomic E-state index is -1.76. The van der Waals surface area contributed by atoms with Crippen LogP contribution in [-0.2, 0) is 0 Å². The van der Waals surface area contributed by atoms with Gasteiger partial charge in [-0.3, -0.25) is 4.79 Å². The highest BCUT2D eigenvalue weighted by molar-refractivity contribution is 5.85. The fourth-order valence-electron chi connectivity index (χ4n) is 1.63. The smallest absolute Gasteiger partial charge is 0.360 e. The summed E-state index contributed by atoms with van der Waals surface area (Å²) in [6.07, 6.45) is 0.773. The SMILES string of the molecule is Cc1cn(-c2c(F)c(F)cc(F)c2F)nc(C(=O)O)c1=O. The van der Waals surface area contributed by atoms with E-state index >= 15 is 0 Å². The first kappa shape index (κ1) is 14.7. The van der Waals surface area contributed by atoms with Crippen LogP contribution in [0.25, 0.3) is 5.69 Å². The van der Waals surface area contributed by atoms with E-state index in [1.165, 1.54) is 6.92 Å². The number of halogens is 4. The molecule has 0 aliphatic heterocycles. The van der Waals surface area contributed by atoms with Crippen LogP contribution < -0.4 is 5.43 Å². The van der Waals surface area contributed by atoms with Crippen molar-refractivity contribution in [1.82, 2.24) is 9.78 Å². The Morgan fingerprint density at radius 3 is 2.19 bits per heavy atom. The van der Waals surface area contributed by atoms with Gasteiger partial charge < -0.3 is 5.11 Å². The molecule has 1 aromatic carbocycles. The van der Waals surface area contributed by atoms with Crippen molar-refractivity contribution in [2.45, 2.75) is 6.92 Å². The first-order valence-corrected chi connectivity index (χ1v) is 5.41. The van der Waals surface area contributed by atoms with Crippen molar-refractivity contribution in [3.63, 3.8) is 0 Å². The van der Waals surface area contributed by atoms with Gasteiger partial charge in [0.05, 0.1) is 0 Å². The predicted molar refractivity (Wildman–Crippen MR) is 61.4 cm³/mol. The molecule has 0 fully saturated rings. The molecule has 9 heteroatoms. The first-order chi connectivity index (χ1) is 9.73. The van der Waals surface area contributed by atoms with Gasteiger partial charge in [-0.05, 0) is 6.92 Å². The molecule has 0 saturated carbocycles. The van der Waals surface area contributed by atoms with Gasteiger partial charge in [0.1, 0.15) is 5.69 Å².